The molecule has 0 bridgehead atoms. The summed E-state index contributed by atoms with van der Waals surface area (Å²) in [7, 11) is 0. The summed E-state index contributed by atoms with van der Waals surface area (Å²) in [4.78, 5) is 29.9. The summed E-state index contributed by atoms with van der Waals surface area (Å²) in [6.07, 6.45) is 3.46. The van der Waals surface area contributed by atoms with Gasteiger partial charge in [0.15, 0.2) is 0 Å². The fourth-order valence-corrected chi connectivity index (χ4v) is 1.61. The molecule has 3 heterocycles. The van der Waals surface area contributed by atoms with Crippen LogP contribution < -0.4 is 11.0 Å². The van der Waals surface area contributed by atoms with Crippen LogP contribution in [0.5, 0.6) is 0 Å². The Kier molecular flexibility index (Phi) is 1.70. The van der Waals surface area contributed by atoms with Crippen LogP contribution in [-0.2, 0) is 6.54 Å². The lowest BCUT2D eigenvalue weighted by molar-refractivity contribution is 0.676. The molecule has 0 saturated carbocycles. The van der Waals surface area contributed by atoms with Crippen LogP contribution in [0.15, 0.2) is 34.1 Å². The smallest absolute Gasteiger partial charge is 0.281 e. The maximum Gasteiger partial charge on any atom is 0.320 e. The Hall–Kier alpha value is -2.37. The van der Waals surface area contributed by atoms with E-state index in [0.717, 1.165) is 0 Å². The molecule has 2 aliphatic heterocycles. The van der Waals surface area contributed by atoms with Crippen molar-refractivity contribution < 1.29 is 0 Å². The number of hydrogen-bond acceptors (Lipinski definition) is 5. The Morgan fingerprint density at radius 1 is 1.25 bits per heavy atom. The van der Waals surface area contributed by atoms with E-state index in [0.29, 0.717) is 17.9 Å². The molecule has 0 fully saturated rings. The molecule has 78 valence electrons. The van der Waals surface area contributed by atoms with Gasteiger partial charge in [0.25, 0.3) is 5.43 Å². The molecule has 6 nitrogen and oxygen atoms in total. The van der Waals surface area contributed by atoms with Gasteiger partial charge in [-0.1, -0.05) is 0 Å². The number of rotatable bonds is 2. The van der Waals surface area contributed by atoms with Crippen molar-refractivity contribution in [3.05, 3.63) is 50.8 Å². The fourth-order valence-electron chi connectivity index (χ4n) is 1.61. The average Bonchev–Trinajstić information content (AvgIpc) is 2.91. The molecule has 0 aromatic carbocycles. The number of aromatic nitrogens is 4. The van der Waals surface area contributed by atoms with Crippen LogP contribution in [0.3, 0.4) is 0 Å². The molecule has 1 aromatic heterocycles. The Bertz CT molecular complexity index is 679. The zero-order chi connectivity index (χ0) is 11.1. The van der Waals surface area contributed by atoms with E-state index in [1.807, 2.05) is 0 Å². The van der Waals surface area contributed by atoms with Gasteiger partial charge in [-0.3, -0.25) is 14.3 Å². The molecule has 0 unspecified atom stereocenters. The van der Waals surface area contributed by atoms with Crippen LogP contribution in [0.2, 0.25) is 0 Å². The molecule has 0 radical (unpaired) electrons. The summed E-state index contributed by atoms with van der Waals surface area (Å²) in [6, 6.07) is 3.44. The van der Waals surface area contributed by atoms with Crippen molar-refractivity contribution in [1.29, 1.82) is 0 Å². The van der Waals surface area contributed by atoms with E-state index in [-0.39, 0.29) is 5.69 Å². The number of fused-ring (bicyclic) bond motifs is 1. The summed E-state index contributed by atoms with van der Waals surface area (Å²) in [5, 5.41) is 4.02. The highest BCUT2D eigenvalue weighted by Gasteiger charge is 2.18. The molecular formula is C10H6N4O2. The van der Waals surface area contributed by atoms with E-state index in [1.165, 1.54) is 0 Å². The Morgan fingerprint density at radius 3 is 2.81 bits per heavy atom. The van der Waals surface area contributed by atoms with Crippen LogP contribution in [0.1, 0.15) is 5.69 Å². The standard InChI is InChI=1S/C10H6N4O2/c15-9-8-7(13-10(9)16)4-6(12-8)5-14-3-1-2-11-14/h1-4H,5H2. The molecule has 0 N–H and O–H groups in total. The normalized spacial score (nSPS) is 11.2. The quantitative estimate of drug-likeness (QED) is 0.533. The van der Waals surface area contributed by atoms with E-state index in [2.05, 4.69) is 15.1 Å². The minimum Gasteiger partial charge on any atom is -0.281 e. The fraction of sp³-hybridized carbons (Fsp3) is 0.100. The van der Waals surface area contributed by atoms with E-state index in [9.17, 15) is 9.59 Å². The summed E-state index contributed by atoms with van der Waals surface area (Å²) in [5.74, 6) is 0. The van der Waals surface area contributed by atoms with Crippen molar-refractivity contribution in [2.75, 3.05) is 0 Å². The van der Waals surface area contributed by atoms with Gasteiger partial charge in [0.2, 0.25) is 0 Å². The van der Waals surface area contributed by atoms with Gasteiger partial charge >= 0.3 is 5.56 Å². The van der Waals surface area contributed by atoms with Crippen LogP contribution in [0.25, 0.3) is 11.4 Å². The molecule has 0 amide bonds. The van der Waals surface area contributed by atoms with Gasteiger partial charge in [0.05, 0.1) is 17.9 Å². The summed E-state index contributed by atoms with van der Waals surface area (Å²) in [6.45, 7) is 0.469. The predicted octanol–water partition coefficient (Wildman–Crippen LogP) is -0.578. The van der Waals surface area contributed by atoms with Gasteiger partial charge in [0.1, 0.15) is 5.69 Å². The third-order valence-electron chi connectivity index (χ3n) is 2.32. The first-order valence-electron chi connectivity index (χ1n) is 4.68. The molecular weight excluding hydrogens is 208 g/mol. The second-order valence-electron chi connectivity index (χ2n) is 3.43. The Morgan fingerprint density at radius 2 is 2.12 bits per heavy atom. The van der Waals surface area contributed by atoms with Gasteiger partial charge < -0.3 is 0 Å². The van der Waals surface area contributed by atoms with Gasteiger partial charge in [0, 0.05) is 12.4 Å². The highest BCUT2D eigenvalue weighted by Crippen LogP contribution is 2.15. The van der Waals surface area contributed by atoms with Crippen molar-refractivity contribution in [2.45, 2.75) is 6.54 Å². The molecule has 0 saturated heterocycles. The van der Waals surface area contributed by atoms with Gasteiger partial charge in [-0.2, -0.15) is 5.10 Å². The van der Waals surface area contributed by atoms with Crippen molar-refractivity contribution in [2.24, 2.45) is 0 Å². The van der Waals surface area contributed by atoms with E-state index in [4.69, 9.17) is 0 Å². The third kappa shape index (κ3) is 1.23. The maximum absolute atomic E-state index is 11.3. The first-order chi connectivity index (χ1) is 7.74. The SMILES string of the molecule is O=c1nc2cc(Cn3cccn3)nc-2c1=O. The van der Waals surface area contributed by atoms with Crippen LogP contribution in [-0.4, -0.2) is 19.7 Å². The summed E-state index contributed by atoms with van der Waals surface area (Å²) < 4.78 is 1.68. The summed E-state index contributed by atoms with van der Waals surface area (Å²) >= 11 is 0. The molecule has 0 spiro atoms. The van der Waals surface area contributed by atoms with E-state index in [1.54, 1.807) is 29.2 Å². The Labute approximate surface area is 89.2 Å². The number of nitrogens with zero attached hydrogens (tertiary/aromatic N) is 4. The van der Waals surface area contributed by atoms with Gasteiger partial charge in [-0.05, 0) is 12.1 Å². The van der Waals surface area contributed by atoms with Crippen molar-refractivity contribution >= 4 is 0 Å². The minimum atomic E-state index is -0.733. The van der Waals surface area contributed by atoms with Gasteiger partial charge in [-0.25, -0.2) is 9.97 Å². The topological polar surface area (TPSA) is 77.7 Å². The lowest BCUT2D eigenvalue weighted by Crippen LogP contribution is -2.19. The number of hydrogen-bond donors (Lipinski definition) is 0. The second-order valence-corrected chi connectivity index (χ2v) is 3.43. The van der Waals surface area contributed by atoms with Crippen LogP contribution in [0.4, 0.5) is 0 Å². The largest absolute Gasteiger partial charge is 0.320 e. The van der Waals surface area contributed by atoms with E-state index < -0.39 is 11.0 Å². The molecule has 1 aromatic rings. The first kappa shape index (κ1) is 8.90. The molecule has 0 aliphatic carbocycles. The lowest BCUT2D eigenvalue weighted by Gasteiger charge is -1.95. The highest BCUT2D eigenvalue weighted by molar-refractivity contribution is 5.58. The first-order valence-corrected chi connectivity index (χ1v) is 4.68. The summed E-state index contributed by atoms with van der Waals surface area (Å²) in [5.41, 5.74) is -0.146. The van der Waals surface area contributed by atoms with Crippen molar-refractivity contribution in [3.8, 4) is 11.4 Å². The lowest BCUT2D eigenvalue weighted by atomic mass is 10.3. The second kappa shape index (κ2) is 3.06. The van der Waals surface area contributed by atoms with E-state index >= 15 is 0 Å². The van der Waals surface area contributed by atoms with Crippen molar-refractivity contribution in [3.63, 3.8) is 0 Å². The Balaban J connectivity index is 2.04. The molecule has 6 heteroatoms. The van der Waals surface area contributed by atoms with Crippen LogP contribution in [0, 0.1) is 0 Å². The molecule has 0 atom stereocenters. The van der Waals surface area contributed by atoms with Gasteiger partial charge in [-0.15, -0.1) is 0 Å². The average molecular weight is 214 g/mol. The van der Waals surface area contributed by atoms with Crippen molar-refractivity contribution in [1.82, 2.24) is 19.7 Å². The zero-order valence-corrected chi connectivity index (χ0v) is 8.12. The third-order valence-corrected chi connectivity index (χ3v) is 2.32. The van der Waals surface area contributed by atoms with Crippen LogP contribution >= 0.6 is 0 Å². The minimum absolute atomic E-state index is 0.159. The maximum atomic E-state index is 11.3. The monoisotopic (exact) mass is 214 g/mol. The molecule has 2 aliphatic rings. The molecule has 16 heavy (non-hydrogen) atoms. The predicted molar refractivity (Wildman–Crippen MR) is 54.9 cm³/mol. The zero-order valence-electron chi connectivity index (χ0n) is 8.12. The highest BCUT2D eigenvalue weighted by atomic mass is 16.2. The molecule has 3 rings (SSSR count).